The van der Waals surface area contributed by atoms with Gasteiger partial charge in [0.05, 0.1) is 0 Å². The lowest BCUT2D eigenvalue weighted by Crippen LogP contribution is -2.49. The number of benzene rings is 1. The Morgan fingerprint density at radius 2 is 2.05 bits per heavy atom. The minimum Gasteiger partial charge on any atom is -0.346 e. The van der Waals surface area contributed by atoms with E-state index in [1.54, 1.807) is 0 Å². The number of thiocarbonyl (C=S) groups is 1. The number of nitrogens with zero attached hydrogens (tertiary/aromatic N) is 2. The Morgan fingerprint density at radius 1 is 1.32 bits per heavy atom. The van der Waals surface area contributed by atoms with Crippen molar-refractivity contribution in [2.24, 2.45) is 0 Å². The van der Waals surface area contributed by atoms with Gasteiger partial charge in [0.2, 0.25) is 0 Å². The molecule has 0 aliphatic carbocycles. The van der Waals surface area contributed by atoms with E-state index in [-0.39, 0.29) is 0 Å². The molecule has 104 valence electrons. The highest BCUT2D eigenvalue weighted by atomic mass is 35.5. The third kappa shape index (κ3) is 4.34. The van der Waals surface area contributed by atoms with Crippen molar-refractivity contribution in [1.29, 1.82) is 0 Å². The maximum Gasteiger partial charge on any atom is 0.173 e. The maximum atomic E-state index is 5.96. The van der Waals surface area contributed by atoms with Gasteiger partial charge in [-0.25, -0.2) is 0 Å². The van der Waals surface area contributed by atoms with Crippen molar-refractivity contribution in [3.05, 3.63) is 29.3 Å². The molecule has 1 fully saturated rings. The zero-order chi connectivity index (χ0) is 13.7. The van der Waals surface area contributed by atoms with Crippen LogP contribution in [0.1, 0.15) is 13.3 Å². The van der Waals surface area contributed by atoms with Gasteiger partial charge in [-0.3, -0.25) is 4.90 Å². The van der Waals surface area contributed by atoms with E-state index in [0.29, 0.717) is 0 Å². The van der Waals surface area contributed by atoms with Crippen LogP contribution in [0.3, 0.4) is 0 Å². The summed E-state index contributed by atoms with van der Waals surface area (Å²) in [7, 11) is 0. The molecule has 0 saturated carbocycles. The predicted octanol–water partition coefficient (Wildman–Crippen LogP) is 3.06. The Hall–Kier alpha value is -0.840. The number of piperazine rings is 1. The van der Waals surface area contributed by atoms with Gasteiger partial charge in [-0.2, -0.15) is 0 Å². The van der Waals surface area contributed by atoms with Gasteiger partial charge in [-0.1, -0.05) is 24.6 Å². The molecule has 0 amide bonds. The molecule has 19 heavy (non-hydrogen) atoms. The average molecular weight is 298 g/mol. The van der Waals surface area contributed by atoms with Crippen molar-refractivity contribution in [2.75, 3.05) is 38.0 Å². The molecule has 3 nitrogen and oxygen atoms in total. The van der Waals surface area contributed by atoms with E-state index in [0.717, 1.165) is 42.0 Å². The summed E-state index contributed by atoms with van der Waals surface area (Å²) in [5.74, 6) is 0. The Balaban J connectivity index is 1.84. The Morgan fingerprint density at radius 3 is 2.68 bits per heavy atom. The number of hydrogen-bond acceptors (Lipinski definition) is 2. The topological polar surface area (TPSA) is 18.5 Å². The number of halogens is 1. The van der Waals surface area contributed by atoms with E-state index >= 15 is 0 Å². The van der Waals surface area contributed by atoms with Crippen molar-refractivity contribution in [3.8, 4) is 0 Å². The minimum atomic E-state index is 0.723. The van der Waals surface area contributed by atoms with Crippen molar-refractivity contribution in [2.45, 2.75) is 13.3 Å². The van der Waals surface area contributed by atoms with E-state index in [1.807, 2.05) is 24.3 Å². The van der Waals surface area contributed by atoms with Gasteiger partial charge in [0, 0.05) is 36.9 Å². The first-order valence-corrected chi connectivity index (χ1v) is 7.51. The van der Waals surface area contributed by atoms with Crippen LogP contribution in [-0.2, 0) is 0 Å². The molecule has 1 heterocycles. The summed E-state index contributed by atoms with van der Waals surface area (Å²) < 4.78 is 0. The summed E-state index contributed by atoms with van der Waals surface area (Å²) in [6.45, 7) is 7.56. The van der Waals surface area contributed by atoms with Crippen LogP contribution in [0.15, 0.2) is 24.3 Å². The van der Waals surface area contributed by atoms with Crippen LogP contribution in [0.5, 0.6) is 0 Å². The zero-order valence-electron chi connectivity index (χ0n) is 11.2. The Bertz CT molecular complexity index is 430. The quantitative estimate of drug-likeness (QED) is 0.864. The monoisotopic (exact) mass is 297 g/mol. The van der Waals surface area contributed by atoms with Crippen LogP contribution < -0.4 is 5.32 Å². The molecular weight excluding hydrogens is 278 g/mol. The van der Waals surface area contributed by atoms with Gasteiger partial charge in [0.1, 0.15) is 0 Å². The fourth-order valence-corrected chi connectivity index (χ4v) is 2.75. The standard InChI is InChI=1S/C14H20ClN3S/c1-2-6-17-7-9-18(10-8-17)14(19)16-13-5-3-4-12(15)11-13/h3-5,11H,2,6-10H2,1H3,(H,16,19). The zero-order valence-corrected chi connectivity index (χ0v) is 12.8. The second kappa shape index (κ2) is 7.08. The third-order valence-corrected chi connectivity index (χ3v) is 3.87. The van der Waals surface area contributed by atoms with E-state index in [1.165, 1.54) is 13.0 Å². The number of hydrogen-bond donors (Lipinski definition) is 1. The normalized spacial score (nSPS) is 16.4. The molecule has 0 bridgehead atoms. The van der Waals surface area contributed by atoms with Gasteiger partial charge >= 0.3 is 0 Å². The van der Waals surface area contributed by atoms with Gasteiger partial charge in [0.15, 0.2) is 5.11 Å². The van der Waals surface area contributed by atoms with Gasteiger partial charge in [-0.15, -0.1) is 0 Å². The fourth-order valence-electron chi connectivity index (χ4n) is 2.26. The largest absolute Gasteiger partial charge is 0.346 e. The molecule has 1 N–H and O–H groups in total. The molecular formula is C14H20ClN3S. The first-order chi connectivity index (χ1) is 9.19. The van der Waals surface area contributed by atoms with Crippen LogP contribution in [-0.4, -0.2) is 47.6 Å². The minimum absolute atomic E-state index is 0.723. The van der Waals surface area contributed by atoms with E-state index in [4.69, 9.17) is 23.8 Å². The van der Waals surface area contributed by atoms with Crippen LogP contribution in [0.2, 0.25) is 5.02 Å². The summed E-state index contributed by atoms with van der Waals surface area (Å²) in [6.07, 6.45) is 1.21. The van der Waals surface area contributed by atoms with Crippen molar-refractivity contribution in [1.82, 2.24) is 9.80 Å². The van der Waals surface area contributed by atoms with Crippen molar-refractivity contribution in [3.63, 3.8) is 0 Å². The molecule has 1 aliphatic rings. The summed E-state index contributed by atoms with van der Waals surface area (Å²) in [5, 5.41) is 4.77. The summed E-state index contributed by atoms with van der Waals surface area (Å²) in [6, 6.07) is 7.65. The first kappa shape index (κ1) is 14.6. The van der Waals surface area contributed by atoms with E-state index in [9.17, 15) is 0 Å². The predicted molar refractivity (Wildman–Crippen MR) is 86.0 cm³/mol. The lowest BCUT2D eigenvalue weighted by Gasteiger charge is -2.36. The SMILES string of the molecule is CCCN1CCN(C(=S)Nc2cccc(Cl)c2)CC1. The highest BCUT2D eigenvalue weighted by Crippen LogP contribution is 2.15. The highest BCUT2D eigenvalue weighted by Gasteiger charge is 2.18. The molecule has 0 radical (unpaired) electrons. The van der Waals surface area contributed by atoms with Crippen molar-refractivity contribution < 1.29 is 0 Å². The molecule has 5 heteroatoms. The molecule has 1 saturated heterocycles. The molecule has 1 aromatic carbocycles. The van der Waals surface area contributed by atoms with E-state index in [2.05, 4.69) is 22.0 Å². The maximum absolute atomic E-state index is 5.96. The van der Waals surface area contributed by atoms with Crippen LogP contribution >= 0.6 is 23.8 Å². The first-order valence-electron chi connectivity index (χ1n) is 6.73. The molecule has 0 spiro atoms. The highest BCUT2D eigenvalue weighted by molar-refractivity contribution is 7.80. The number of nitrogens with one attached hydrogen (secondary N) is 1. The van der Waals surface area contributed by atoms with Crippen molar-refractivity contribution >= 4 is 34.6 Å². The van der Waals surface area contributed by atoms with Gasteiger partial charge < -0.3 is 10.2 Å². The molecule has 1 aliphatic heterocycles. The smallest absolute Gasteiger partial charge is 0.173 e. The second-order valence-electron chi connectivity index (χ2n) is 4.77. The Labute approximate surface area is 125 Å². The molecule has 1 aromatic rings. The van der Waals surface area contributed by atoms with E-state index < -0.39 is 0 Å². The number of anilines is 1. The summed E-state index contributed by atoms with van der Waals surface area (Å²) in [5.41, 5.74) is 0.952. The summed E-state index contributed by atoms with van der Waals surface area (Å²) >= 11 is 11.4. The summed E-state index contributed by atoms with van der Waals surface area (Å²) in [4.78, 5) is 4.71. The van der Waals surface area contributed by atoms with Crippen LogP contribution in [0.4, 0.5) is 5.69 Å². The second-order valence-corrected chi connectivity index (χ2v) is 5.59. The van der Waals surface area contributed by atoms with Gasteiger partial charge in [0.25, 0.3) is 0 Å². The molecule has 0 aromatic heterocycles. The lowest BCUT2D eigenvalue weighted by molar-refractivity contribution is 0.184. The van der Waals surface area contributed by atoms with Crippen LogP contribution in [0.25, 0.3) is 0 Å². The lowest BCUT2D eigenvalue weighted by atomic mass is 10.3. The fraction of sp³-hybridized carbons (Fsp3) is 0.500. The average Bonchev–Trinajstić information content (AvgIpc) is 2.40. The molecule has 2 rings (SSSR count). The Kier molecular flexibility index (Phi) is 5.43. The molecule has 0 unspecified atom stereocenters. The van der Waals surface area contributed by atoms with Gasteiger partial charge in [-0.05, 0) is 43.4 Å². The van der Waals surface area contributed by atoms with Crippen LogP contribution in [0, 0.1) is 0 Å². The third-order valence-electron chi connectivity index (χ3n) is 3.28. The number of rotatable bonds is 3. The molecule has 0 atom stereocenters.